The molecule has 0 amide bonds. The van der Waals surface area contributed by atoms with Crippen molar-refractivity contribution in [1.82, 2.24) is 10.3 Å². The van der Waals surface area contributed by atoms with Crippen LogP contribution in [0.25, 0.3) is 0 Å². The lowest BCUT2D eigenvalue weighted by atomic mass is 10.2. The first-order valence-corrected chi connectivity index (χ1v) is 3.78. The van der Waals surface area contributed by atoms with Gasteiger partial charge in [-0.15, -0.1) is 0 Å². The predicted octanol–water partition coefficient (Wildman–Crippen LogP) is -0.469. The van der Waals surface area contributed by atoms with E-state index in [1.54, 1.807) is 0 Å². The van der Waals surface area contributed by atoms with E-state index in [9.17, 15) is 8.76 Å². The first-order chi connectivity index (χ1) is 4.13. The standard InChI is InChI=1S/C4H12N2O2S/c1-4(2)3-5-6-9(7)8/h4-6H,3H2,1-2H3,(H,7,8)/p-1. The fraction of sp³-hybridized carbons (Fsp3) is 1.00. The Bertz CT molecular complexity index is 96.6. The molecule has 4 nitrogen and oxygen atoms in total. The molecule has 0 fully saturated rings. The maximum atomic E-state index is 9.81. The minimum atomic E-state index is -2.19. The van der Waals surface area contributed by atoms with Gasteiger partial charge in [0.1, 0.15) is 0 Å². The van der Waals surface area contributed by atoms with Crippen molar-refractivity contribution < 1.29 is 8.76 Å². The number of hydrogen-bond donors (Lipinski definition) is 2. The average molecular weight is 151 g/mol. The van der Waals surface area contributed by atoms with E-state index in [2.05, 4.69) is 5.43 Å². The summed E-state index contributed by atoms with van der Waals surface area (Å²) in [6.07, 6.45) is 0. The summed E-state index contributed by atoms with van der Waals surface area (Å²) in [7, 11) is 0. The molecule has 0 bridgehead atoms. The molecule has 0 heterocycles. The summed E-state index contributed by atoms with van der Waals surface area (Å²) in [5, 5.41) is 0. The topological polar surface area (TPSA) is 64.2 Å². The Morgan fingerprint density at radius 3 is 2.56 bits per heavy atom. The molecule has 0 spiro atoms. The Labute approximate surface area is 57.4 Å². The van der Waals surface area contributed by atoms with E-state index in [0.717, 1.165) is 0 Å². The first kappa shape index (κ1) is 9.03. The minimum Gasteiger partial charge on any atom is -0.759 e. The van der Waals surface area contributed by atoms with Gasteiger partial charge in [-0.25, -0.2) is 5.43 Å². The van der Waals surface area contributed by atoms with Crippen molar-refractivity contribution in [3.63, 3.8) is 0 Å². The zero-order chi connectivity index (χ0) is 7.28. The third-order valence-electron chi connectivity index (χ3n) is 0.666. The lowest BCUT2D eigenvalue weighted by Crippen LogP contribution is -2.35. The van der Waals surface area contributed by atoms with Gasteiger partial charge in [0, 0.05) is 17.8 Å². The minimum absolute atomic E-state index is 0.445. The summed E-state index contributed by atoms with van der Waals surface area (Å²) >= 11 is -2.19. The van der Waals surface area contributed by atoms with Crippen molar-refractivity contribution in [2.45, 2.75) is 13.8 Å². The summed E-state index contributed by atoms with van der Waals surface area (Å²) in [6, 6.07) is 0. The zero-order valence-corrected chi connectivity index (χ0v) is 6.33. The Morgan fingerprint density at radius 2 is 2.22 bits per heavy atom. The fourth-order valence-corrected chi connectivity index (χ4v) is 0.506. The van der Waals surface area contributed by atoms with E-state index in [1.807, 2.05) is 18.7 Å². The van der Waals surface area contributed by atoms with Crippen molar-refractivity contribution in [3.8, 4) is 0 Å². The molecule has 0 aromatic rings. The van der Waals surface area contributed by atoms with Gasteiger partial charge in [0.15, 0.2) is 0 Å². The summed E-state index contributed by atoms with van der Waals surface area (Å²) in [5.41, 5.74) is 2.52. The highest BCUT2D eigenvalue weighted by atomic mass is 32.2. The zero-order valence-electron chi connectivity index (χ0n) is 5.51. The van der Waals surface area contributed by atoms with Crippen LogP contribution in [0.3, 0.4) is 0 Å². The van der Waals surface area contributed by atoms with E-state index in [1.165, 1.54) is 0 Å². The largest absolute Gasteiger partial charge is 0.759 e. The maximum Gasteiger partial charge on any atom is 0.0324 e. The van der Waals surface area contributed by atoms with Gasteiger partial charge in [-0.05, 0) is 5.92 Å². The second-order valence-electron chi connectivity index (χ2n) is 2.11. The van der Waals surface area contributed by atoms with Crippen LogP contribution in [0.15, 0.2) is 0 Å². The van der Waals surface area contributed by atoms with Gasteiger partial charge in [-0.1, -0.05) is 13.8 Å². The molecule has 0 saturated carbocycles. The van der Waals surface area contributed by atoms with Crippen molar-refractivity contribution >= 4 is 11.3 Å². The Hall–Kier alpha value is 0.0300. The summed E-state index contributed by atoms with van der Waals surface area (Å²) in [6.45, 7) is 4.62. The van der Waals surface area contributed by atoms with E-state index in [0.29, 0.717) is 12.5 Å². The summed E-state index contributed by atoms with van der Waals surface area (Å²) < 4.78 is 19.6. The van der Waals surface area contributed by atoms with Crippen molar-refractivity contribution in [1.29, 1.82) is 0 Å². The molecule has 0 rings (SSSR count). The van der Waals surface area contributed by atoms with Crippen LogP contribution in [-0.4, -0.2) is 15.3 Å². The number of nitrogens with one attached hydrogen (secondary N) is 2. The second kappa shape index (κ2) is 4.87. The van der Waals surface area contributed by atoms with Crippen LogP contribution < -0.4 is 10.3 Å². The molecule has 0 aromatic heterocycles. The second-order valence-corrected chi connectivity index (χ2v) is 2.79. The number of rotatable bonds is 4. The number of hydrogen-bond acceptors (Lipinski definition) is 3. The molecule has 9 heavy (non-hydrogen) atoms. The van der Waals surface area contributed by atoms with Gasteiger partial charge in [-0.3, -0.25) is 4.21 Å². The quantitative estimate of drug-likeness (QED) is 0.422. The maximum absolute atomic E-state index is 9.81. The van der Waals surface area contributed by atoms with Crippen molar-refractivity contribution in [2.24, 2.45) is 5.92 Å². The third kappa shape index (κ3) is 8.03. The van der Waals surface area contributed by atoms with Crippen LogP contribution in [-0.2, 0) is 11.3 Å². The van der Waals surface area contributed by atoms with Crippen LogP contribution >= 0.6 is 0 Å². The first-order valence-electron chi connectivity index (χ1n) is 2.70. The number of hydrazine groups is 1. The van der Waals surface area contributed by atoms with Gasteiger partial charge >= 0.3 is 0 Å². The summed E-state index contributed by atoms with van der Waals surface area (Å²) in [4.78, 5) is 2.04. The molecule has 1 unspecified atom stereocenters. The molecule has 0 aliphatic carbocycles. The van der Waals surface area contributed by atoms with Gasteiger partial charge in [-0.2, -0.15) is 4.83 Å². The molecule has 56 valence electrons. The third-order valence-corrected chi connectivity index (χ3v) is 0.977. The molecule has 5 heteroatoms. The highest BCUT2D eigenvalue weighted by Crippen LogP contribution is 1.84. The summed E-state index contributed by atoms with van der Waals surface area (Å²) in [5.74, 6) is 0.445. The molecule has 0 aromatic carbocycles. The Morgan fingerprint density at radius 1 is 1.67 bits per heavy atom. The van der Waals surface area contributed by atoms with Crippen molar-refractivity contribution in [2.75, 3.05) is 6.54 Å². The van der Waals surface area contributed by atoms with E-state index in [4.69, 9.17) is 0 Å². The molecule has 0 saturated heterocycles. The van der Waals surface area contributed by atoms with Crippen molar-refractivity contribution in [3.05, 3.63) is 0 Å². The Balaban J connectivity index is 3.01. The van der Waals surface area contributed by atoms with E-state index >= 15 is 0 Å². The fourth-order valence-electron chi connectivity index (χ4n) is 0.305. The van der Waals surface area contributed by atoms with E-state index in [-0.39, 0.29) is 0 Å². The lowest BCUT2D eigenvalue weighted by Gasteiger charge is -2.09. The molecular weight excluding hydrogens is 140 g/mol. The van der Waals surface area contributed by atoms with E-state index < -0.39 is 11.3 Å². The molecular formula is C4H11N2O2S-. The normalized spacial score (nSPS) is 14.2. The highest BCUT2D eigenvalue weighted by Gasteiger charge is 1.89. The monoisotopic (exact) mass is 151 g/mol. The van der Waals surface area contributed by atoms with Crippen LogP contribution in [0.5, 0.6) is 0 Å². The lowest BCUT2D eigenvalue weighted by molar-refractivity contribution is 0.483. The van der Waals surface area contributed by atoms with Gasteiger partial charge in [0.2, 0.25) is 0 Å². The Kier molecular flexibility index (Phi) is 4.88. The van der Waals surface area contributed by atoms with Crippen LogP contribution in [0.1, 0.15) is 13.8 Å². The molecule has 0 radical (unpaired) electrons. The molecule has 2 N–H and O–H groups in total. The highest BCUT2D eigenvalue weighted by molar-refractivity contribution is 7.76. The van der Waals surface area contributed by atoms with Gasteiger partial charge in [0.25, 0.3) is 0 Å². The molecule has 1 atom stereocenters. The van der Waals surface area contributed by atoms with Gasteiger partial charge < -0.3 is 4.55 Å². The van der Waals surface area contributed by atoms with Crippen LogP contribution in [0, 0.1) is 5.92 Å². The van der Waals surface area contributed by atoms with Gasteiger partial charge in [0.05, 0.1) is 0 Å². The van der Waals surface area contributed by atoms with Crippen LogP contribution in [0.2, 0.25) is 0 Å². The average Bonchev–Trinajstić information content (AvgIpc) is 1.63. The molecule has 0 aliphatic heterocycles. The van der Waals surface area contributed by atoms with Crippen LogP contribution in [0.4, 0.5) is 0 Å². The SMILES string of the molecule is CC(C)CNNS(=O)[O-]. The predicted molar refractivity (Wildman–Crippen MR) is 34.9 cm³/mol. The smallest absolute Gasteiger partial charge is 0.0324 e. The molecule has 0 aliphatic rings.